The molecule has 0 bridgehead atoms. The third-order valence-corrected chi connectivity index (χ3v) is 4.80. The minimum Gasteiger partial charge on any atom is -0.358 e. The molecule has 0 saturated carbocycles. The van der Waals surface area contributed by atoms with Gasteiger partial charge in [-0.15, -0.1) is 11.8 Å². The molecule has 0 aromatic carbocycles. The summed E-state index contributed by atoms with van der Waals surface area (Å²) in [5, 5.41) is 2.68. The lowest BCUT2D eigenvalue weighted by atomic mass is 10.1. The van der Waals surface area contributed by atoms with E-state index in [1.54, 1.807) is 18.8 Å². The van der Waals surface area contributed by atoms with E-state index >= 15 is 0 Å². The summed E-state index contributed by atoms with van der Waals surface area (Å²) >= 11 is 1.75. The standard InChI is InChI=1S/C14H29N3OS/c1-5-6-16-7-9-17(10-8-16)12-14(2,3)19-11-13(18)15-4/h5-12H2,1-4H3,(H,15,18). The highest BCUT2D eigenvalue weighted by molar-refractivity contribution is 8.01. The van der Waals surface area contributed by atoms with Gasteiger partial charge in [0.15, 0.2) is 0 Å². The number of nitrogens with one attached hydrogen (secondary N) is 1. The number of amides is 1. The Bertz CT molecular complexity index is 276. The fraction of sp³-hybridized carbons (Fsp3) is 0.929. The van der Waals surface area contributed by atoms with Crippen LogP contribution in [0.3, 0.4) is 0 Å². The second-order valence-electron chi connectivity index (χ2n) is 5.84. The highest BCUT2D eigenvalue weighted by Gasteiger charge is 2.25. The number of thioether (sulfide) groups is 1. The van der Waals surface area contributed by atoms with Crippen LogP contribution in [-0.4, -0.2) is 72.5 Å². The topological polar surface area (TPSA) is 35.6 Å². The summed E-state index contributed by atoms with van der Waals surface area (Å²) in [6.07, 6.45) is 1.24. The first-order valence-corrected chi connectivity index (χ1v) is 8.24. The van der Waals surface area contributed by atoms with E-state index in [9.17, 15) is 4.79 Å². The Morgan fingerprint density at radius 1 is 1.21 bits per heavy atom. The van der Waals surface area contributed by atoms with E-state index in [4.69, 9.17) is 0 Å². The van der Waals surface area contributed by atoms with Gasteiger partial charge in [0.1, 0.15) is 0 Å². The lowest BCUT2D eigenvalue weighted by Crippen LogP contribution is -2.50. The van der Waals surface area contributed by atoms with Crippen LogP contribution in [0.2, 0.25) is 0 Å². The summed E-state index contributed by atoms with van der Waals surface area (Å²) < 4.78 is 0.138. The number of nitrogens with zero attached hydrogens (tertiary/aromatic N) is 2. The van der Waals surface area contributed by atoms with Crippen molar-refractivity contribution in [2.75, 3.05) is 52.1 Å². The lowest BCUT2D eigenvalue weighted by Gasteiger charge is -2.38. The van der Waals surface area contributed by atoms with Crippen LogP contribution in [0.25, 0.3) is 0 Å². The zero-order valence-electron chi connectivity index (χ0n) is 12.9. The van der Waals surface area contributed by atoms with Crippen molar-refractivity contribution >= 4 is 17.7 Å². The first-order chi connectivity index (χ1) is 8.96. The van der Waals surface area contributed by atoms with Crippen LogP contribution in [0.1, 0.15) is 27.2 Å². The number of piperazine rings is 1. The van der Waals surface area contributed by atoms with Gasteiger partial charge in [-0.1, -0.05) is 6.92 Å². The van der Waals surface area contributed by atoms with Crippen molar-refractivity contribution in [2.24, 2.45) is 0 Å². The molecular weight excluding hydrogens is 258 g/mol. The summed E-state index contributed by atoms with van der Waals surface area (Å²) in [6, 6.07) is 0. The van der Waals surface area contributed by atoms with E-state index in [0.29, 0.717) is 5.75 Å². The highest BCUT2D eigenvalue weighted by atomic mass is 32.2. The van der Waals surface area contributed by atoms with Crippen LogP contribution in [-0.2, 0) is 4.79 Å². The van der Waals surface area contributed by atoms with Gasteiger partial charge in [-0.3, -0.25) is 9.69 Å². The van der Waals surface area contributed by atoms with Crippen molar-refractivity contribution in [3.05, 3.63) is 0 Å². The molecule has 0 aromatic heterocycles. The maximum Gasteiger partial charge on any atom is 0.229 e. The molecule has 1 saturated heterocycles. The molecule has 1 aliphatic heterocycles. The summed E-state index contributed by atoms with van der Waals surface area (Å²) in [5.74, 6) is 0.671. The van der Waals surface area contributed by atoms with E-state index in [-0.39, 0.29) is 10.7 Å². The number of hydrogen-bond donors (Lipinski definition) is 1. The molecule has 1 amide bonds. The van der Waals surface area contributed by atoms with Gasteiger partial charge < -0.3 is 10.2 Å². The summed E-state index contributed by atoms with van der Waals surface area (Å²) in [7, 11) is 1.70. The highest BCUT2D eigenvalue weighted by Crippen LogP contribution is 2.25. The lowest BCUT2D eigenvalue weighted by molar-refractivity contribution is -0.118. The second-order valence-corrected chi connectivity index (χ2v) is 7.52. The van der Waals surface area contributed by atoms with E-state index in [1.807, 2.05) is 0 Å². The maximum absolute atomic E-state index is 11.3. The van der Waals surface area contributed by atoms with Crippen molar-refractivity contribution < 1.29 is 4.79 Å². The molecule has 0 radical (unpaired) electrons. The van der Waals surface area contributed by atoms with Crippen LogP contribution >= 0.6 is 11.8 Å². The van der Waals surface area contributed by atoms with Gasteiger partial charge in [0.2, 0.25) is 5.91 Å². The van der Waals surface area contributed by atoms with E-state index < -0.39 is 0 Å². The van der Waals surface area contributed by atoms with E-state index in [0.717, 1.165) is 19.6 Å². The van der Waals surface area contributed by atoms with Crippen molar-refractivity contribution in [3.63, 3.8) is 0 Å². The molecule has 1 aliphatic rings. The zero-order valence-corrected chi connectivity index (χ0v) is 13.7. The van der Waals surface area contributed by atoms with Crippen LogP contribution in [0.4, 0.5) is 0 Å². The number of carbonyl (C=O) groups is 1. The van der Waals surface area contributed by atoms with Gasteiger partial charge in [-0.05, 0) is 26.8 Å². The van der Waals surface area contributed by atoms with Crippen molar-refractivity contribution in [2.45, 2.75) is 31.9 Å². The molecule has 1 rings (SSSR count). The largest absolute Gasteiger partial charge is 0.358 e. The molecule has 5 heteroatoms. The Morgan fingerprint density at radius 3 is 2.32 bits per heavy atom. The minimum absolute atomic E-state index is 0.117. The average Bonchev–Trinajstić information content (AvgIpc) is 2.38. The average molecular weight is 287 g/mol. The van der Waals surface area contributed by atoms with Gasteiger partial charge >= 0.3 is 0 Å². The molecule has 0 aliphatic carbocycles. The molecular formula is C14H29N3OS. The quantitative estimate of drug-likeness (QED) is 0.765. The Labute approximate surface area is 122 Å². The molecule has 1 heterocycles. The Balaban J connectivity index is 2.28. The van der Waals surface area contributed by atoms with E-state index in [2.05, 4.69) is 35.9 Å². The van der Waals surface area contributed by atoms with Crippen molar-refractivity contribution in [1.82, 2.24) is 15.1 Å². The summed E-state index contributed by atoms with van der Waals surface area (Å²) in [5.41, 5.74) is 0. The van der Waals surface area contributed by atoms with Crippen molar-refractivity contribution in [1.29, 1.82) is 0 Å². The number of hydrogen-bond acceptors (Lipinski definition) is 4. The fourth-order valence-electron chi connectivity index (χ4n) is 2.40. The summed E-state index contributed by atoms with van der Waals surface area (Å²) in [4.78, 5) is 16.4. The van der Waals surface area contributed by atoms with Gasteiger partial charge in [-0.2, -0.15) is 0 Å². The van der Waals surface area contributed by atoms with Gasteiger partial charge in [0.25, 0.3) is 0 Å². The third-order valence-electron chi connectivity index (χ3n) is 3.48. The monoisotopic (exact) mass is 287 g/mol. The smallest absolute Gasteiger partial charge is 0.229 e. The molecule has 1 fully saturated rings. The van der Waals surface area contributed by atoms with Crippen molar-refractivity contribution in [3.8, 4) is 0 Å². The predicted molar refractivity (Wildman–Crippen MR) is 83.8 cm³/mol. The Kier molecular flexibility index (Phi) is 7.18. The van der Waals surface area contributed by atoms with Gasteiger partial charge in [0.05, 0.1) is 5.75 Å². The predicted octanol–water partition coefficient (Wildman–Crippen LogP) is 1.27. The van der Waals surface area contributed by atoms with Gasteiger partial charge in [-0.25, -0.2) is 0 Å². The molecule has 112 valence electrons. The van der Waals surface area contributed by atoms with Crippen LogP contribution in [0.15, 0.2) is 0 Å². The van der Waals surface area contributed by atoms with Gasteiger partial charge in [0, 0.05) is 44.5 Å². The Hall–Kier alpha value is -0.260. The number of carbonyl (C=O) groups excluding carboxylic acids is 1. The molecule has 0 atom stereocenters. The summed E-state index contributed by atoms with van der Waals surface area (Å²) in [6.45, 7) is 13.7. The first kappa shape index (κ1) is 16.8. The third kappa shape index (κ3) is 6.63. The number of rotatable bonds is 7. The normalized spacial score (nSPS) is 18.5. The molecule has 4 nitrogen and oxygen atoms in total. The SMILES string of the molecule is CCCN1CCN(CC(C)(C)SCC(=O)NC)CC1. The molecule has 0 spiro atoms. The second kappa shape index (κ2) is 8.12. The molecule has 1 N–H and O–H groups in total. The molecule has 0 unspecified atom stereocenters. The molecule has 0 aromatic rings. The maximum atomic E-state index is 11.3. The van der Waals surface area contributed by atoms with E-state index in [1.165, 1.54) is 26.1 Å². The van der Waals surface area contributed by atoms with Crippen LogP contribution < -0.4 is 5.32 Å². The van der Waals surface area contributed by atoms with Crippen LogP contribution in [0, 0.1) is 0 Å². The first-order valence-electron chi connectivity index (χ1n) is 7.26. The minimum atomic E-state index is 0.117. The molecule has 19 heavy (non-hydrogen) atoms. The Morgan fingerprint density at radius 2 is 1.79 bits per heavy atom. The zero-order chi connectivity index (χ0) is 14.3. The fourth-order valence-corrected chi connectivity index (χ4v) is 3.34. The van der Waals surface area contributed by atoms with Crippen LogP contribution in [0.5, 0.6) is 0 Å².